The molecule has 1 heterocycles. The molecule has 0 fully saturated rings. The molecule has 1 N–H and O–H groups in total. The van der Waals surface area contributed by atoms with Crippen molar-refractivity contribution in [2.24, 2.45) is 5.92 Å². The summed E-state index contributed by atoms with van der Waals surface area (Å²) in [4.78, 5) is 23.8. The molecule has 0 aliphatic rings. The van der Waals surface area contributed by atoms with Gasteiger partial charge in [0, 0.05) is 25.1 Å². The monoisotopic (exact) mass is 358 g/mol. The predicted molar refractivity (Wildman–Crippen MR) is 104 cm³/mol. The highest BCUT2D eigenvalue weighted by Crippen LogP contribution is 2.25. The fraction of sp³-hybridized carbons (Fsp3) is 0.524. The van der Waals surface area contributed by atoms with Crippen LogP contribution in [-0.4, -0.2) is 28.7 Å². The molecule has 0 bridgehead atoms. The lowest BCUT2D eigenvalue weighted by molar-refractivity contribution is -0.118. The number of amides is 1. The average Bonchev–Trinajstić information content (AvgIpc) is 2.83. The molecule has 0 atom stereocenters. The van der Waals surface area contributed by atoms with Gasteiger partial charge in [0.15, 0.2) is 0 Å². The number of hydrogen-bond acceptors (Lipinski definition) is 3. The minimum atomic E-state index is -0.554. The summed E-state index contributed by atoms with van der Waals surface area (Å²) in [6.07, 6.45) is 3.10. The highest BCUT2D eigenvalue weighted by Gasteiger charge is 2.21. The van der Waals surface area contributed by atoms with Crippen LogP contribution in [0.3, 0.4) is 0 Å². The lowest BCUT2D eigenvalue weighted by Gasteiger charge is -2.19. The van der Waals surface area contributed by atoms with Gasteiger partial charge in [-0.15, -0.1) is 0 Å². The molecule has 142 valence electrons. The van der Waals surface area contributed by atoms with Gasteiger partial charge < -0.3 is 10.1 Å². The third kappa shape index (κ3) is 5.35. The number of ether oxygens (including phenoxy) is 1. The van der Waals surface area contributed by atoms with Crippen molar-refractivity contribution < 1.29 is 14.3 Å². The first-order chi connectivity index (χ1) is 12.1. The molecule has 0 saturated carbocycles. The van der Waals surface area contributed by atoms with Gasteiger partial charge in [-0.2, -0.15) is 0 Å². The Morgan fingerprint density at radius 1 is 1.23 bits per heavy atom. The molecule has 0 aliphatic heterocycles. The van der Waals surface area contributed by atoms with Crippen molar-refractivity contribution >= 4 is 22.9 Å². The smallest absolute Gasteiger partial charge is 0.419 e. The summed E-state index contributed by atoms with van der Waals surface area (Å²) in [5.41, 5.74) is 2.56. The Kier molecular flexibility index (Phi) is 6.11. The van der Waals surface area contributed by atoms with Crippen molar-refractivity contribution in [2.45, 2.75) is 60.0 Å². The van der Waals surface area contributed by atoms with Gasteiger partial charge in [-0.3, -0.25) is 9.36 Å². The summed E-state index contributed by atoms with van der Waals surface area (Å²) < 4.78 is 7.11. The molecular formula is C21H30N2O3. The van der Waals surface area contributed by atoms with E-state index in [1.54, 1.807) is 4.57 Å². The molecule has 5 nitrogen and oxygen atoms in total. The fourth-order valence-corrected chi connectivity index (χ4v) is 2.98. The molecule has 0 spiro atoms. The van der Waals surface area contributed by atoms with Crippen molar-refractivity contribution in [2.75, 3.05) is 6.54 Å². The van der Waals surface area contributed by atoms with Gasteiger partial charge in [-0.05, 0) is 62.8 Å². The number of fused-ring (bicyclic) bond motifs is 1. The van der Waals surface area contributed by atoms with Crippen LogP contribution < -0.4 is 5.32 Å². The van der Waals surface area contributed by atoms with Crippen LogP contribution in [0.1, 0.15) is 52.7 Å². The van der Waals surface area contributed by atoms with Crippen LogP contribution in [0.25, 0.3) is 10.9 Å². The van der Waals surface area contributed by atoms with E-state index in [4.69, 9.17) is 4.74 Å². The van der Waals surface area contributed by atoms with Crippen molar-refractivity contribution in [3.05, 3.63) is 35.5 Å². The standard InChI is InChI=1S/C21H30N2O3/c1-14(2)11-16-7-8-19-18(12-16)17(9-10-22-15(3)24)13-23(19)20(25)26-21(4,5)6/h7-8,12-14H,9-11H2,1-6H3,(H,22,24). The van der Waals surface area contributed by atoms with Gasteiger partial charge in [-0.1, -0.05) is 19.9 Å². The van der Waals surface area contributed by atoms with Crippen LogP contribution in [0.4, 0.5) is 4.79 Å². The van der Waals surface area contributed by atoms with Gasteiger partial charge in [0.25, 0.3) is 0 Å². The van der Waals surface area contributed by atoms with E-state index in [0.717, 1.165) is 22.9 Å². The maximum Gasteiger partial charge on any atom is 0.419 e. The van der Waals surface area contributed by atoms with E-state index in [1.807, 2.05) is 33.0 Å². The van der Waals surface area contributed by atoms with E-state index < -0.39 is 5.60 Å². The summed E-state index contributed by atoms with van der Waals surface area (Å²) in [6.45, 7) is 12.0. The number of carbonyl (C=O) groups is 2. The average molecular weight is 358 g/mol. The highest BCUT2D eigenvalue weighted by atomic mass is 16.6. The lowest BCUT2D eigenvalue weighted by atomic mass is 10.00. The fourth-order valence-electron chi connectivity index (χ4n) is 2.98. The zero-order valence-corrected chi connectivity index (χ0v) is 16.7. The van der Waals surface area contributed by atoms with E-state index in [2.05, 4.69) is 31.3 Å². The Bertz CT molecular complexity index is 797. The van der Waals surface area contributed by atoms with Crippen molar-refractivity contribution in [3.8, 4) is 0 Å². The molecule has 0 radical (unpaired) electrons. The normalized spacial score (nSPS) is 11.8. The Morgan fingerprint density at radius 2 is 1.92 bits per heavy atom. The third-order valence-corrected chi connectivity index (χ3v) is 3.95. The molecule has 2 rings (SSSR count). The Hall–Kier alpha value is -2.30. The minimum Gasteiger partial charge on any atom is -0.443 e. The maximum absolute atomic E-state index is 12.6. The van der Waals surface area contributed by atoms with E-state index in [0.29, 0.717) is 18.9 Å². The van der Waals surface area contributed by atoms with E-state index in [1.165, 1.54) is 12.5 Å². The maximum atomic E-state index is 12.6. The van der Waals surface area contributed by atoms with Crippen LogP contribution in [0.2, 0.25) is 0 Å². The van der Waals surface area contributed by atoms with Crippen LogP contribution in [0, 0.1) is 5.92 Å². The molecule has 1 aromatic carbocycles. The second-order valence-electron chi connectivity index (χ2n) is 8.19. The molecule has 26 heavy (non-hydrogen) atoms. The summed E-state index contributed by atoms with van der Waals surface area (Å²) in [6, 6.07) is 6.21. The van der Waals surface area contributed by atoms with Crippen LogP contribution in [0.15, 0.2) is 24.4 Å². The molecule has 0 aliphatic carbocycles. The van der Waals surface area contributed by atoms with Crippen molar-refractivity contribution in [1.82, 2.24) is 9.88 Å². The number of nitrogens with one attached hydrogen (secondary N) is 1. The second kappa shape index (κ2) is 7.94. The first kappa shape index (κ1) is 20.0. The summed E-state index contributed by atoms with van der Waals surface area (Å²) in [5, 5.41) is 3.86. The number of rotatable bonds is 5. The summed E-state index contributed by atoms with van der Waals surface area (Å²) in [5.74, 6) is 0.504. The Morgan fingerprint density at radius 3 is 2.50 bits per heavy atom. The summed E-state index contributed by atoms with van der Waals surface area (Å²) in [7, 11) is 0. The quantitative estimate of drug-likeness (QED) is 0.867. The van der Waals surface area contributed by atoms with Gasteiger partial charge in [0.2, 0.25) is 5.91 Å². The zero-order chi connectivity index (χ0) is 19.5. The van der Waals surface area contributed by atoms with Crippen LogP contribution in [0.5, 0.6) is 0 Å². The van der Waals surface area contributed by atoms with E-state index in [-0.39, 0.29) is 12.0 Å². The number of aromatic nitrogens is 1. The SMILES string of the molecule is CC(=O)NCCc1cn(C(=O)OC(C)(C)C)c2ccc(CC(C)C)cc12. The molecule has 0 unspecified atom stereocenters. The molecule has 1 aromatic heterocycles. The van der Waals surface area contributed by atoms with Gasteiger partial charge in [0.05, 0.1) is 5.52 Å². The second-order valence-corrected chi connectivity index (χ2v) is 8.19. The number of carbonyl (C=O) groups excluding carboxylic acids is 2. The highest BCUT2D eigenvalue weighted by molar-refractivity contribution is 5.92. The summed E-state index contributed by atoms with van der Waals surface area (Å²) >= 11 is 0. The Balaban J connectivity index is 2.42. The number of nitrogens with zero attached hydrogens (tertiary/aromatic N) is 1. The van der Waals surface area contributed by atoms with E-state index >= 15 is 0 Å². The largest absolute Gasteiger partial charge is 0.443 e. The first-order valence-corrected chi connectivity index (χ1v) is 9.17. The van der Waals surface area contributed by atoms with Crippen molar-refractivity contribution in [3.63, 3.8) is 0 Å². The zero-order valence-electron chi connectivity index (χ0n) is 16.7. The van der Waals surface area contributed by atoms with Gasteiger partial charge in [0.1, 0.15) is 5.60 Å². The third-order valence-electron chi connectivity index (χ3n) is 3.95. The van der Waals surface area contributed by atoms with Crippen molar-refractivity contribution in [1.29, 1.82) is 0 Å². The topological polar surface area (TPSA) is 60.3 Å². The van der Waals surface area contributed by atoms with Gasteiger partial charge >= 0.3 is 6.09 Å². The van der Waals surface area contributed by atoms with E-state index in [9.17, 15) is 9.59 Å². The molecule has 2 aromatic rings. The minimum absolute atomic E-state index is 0.0543. The number of benzene rings is 1. The molecular weight excluding hydrogens is 328 g/mol. The van der Waals surface area contributed by atoms with Crippen LogP contribution in [-0.2, 0) is 22.4 Å². The molecule has 0 saturated heterocycles. The number of hydrogen-bond donors (Lipinski definition) is 1. The van der Waals surface area contributed by atoms with Crippen LogP contribution >= 0.6 is 0 Å². The van der Waals surface area contributed by atoms with Gasteiger partial charge in [-0.25, -0.2) is 4.79 Å². The lowest BCUT2D eigenvalue weighted by Crippen LogP contribution is -2.26. The Labute approximate surface area is 155 Å². The molecule has 5 heteroatoms. The molecule has 1 amide bonds. The predicted octanol–water partition coefficient (Wildman–Crippen LogP) is 4.30. The first-order valence-electron chi connectivity index (χ1n) is 9.17.